The molecule has 0 radical (unpaired) electrons. The Morgan fingerprint density at radius 2 is 1.88 bits per heavy atom. The van der Waals surface area contributed by atoms with E-state index in [1.165, 1.54) is 12.8 Å². The Kier molecular flexibility index (Phi) is 1.59. The molecule has 0 bridgehead atoms. The van der Waals surface area contributed by atoms with Crippen molar-refractivity contribution in [2.45, 2.75) is 33.6 Å². The third-order valence-electron chi connectivity index (χ3n) is 2.04. The SMILES string of the molecule is CC1C[C-](C(C)C)C1. The predicted octanol–water partition coefficient (Wildman–Crippen LogP) is 2.65. The van der Waals surface area contributed by atoms with Crippen LogP contribution in [0.5, 0.6) is 0 Å². The lowest BCUT2D eigenvalue weighted by atomic mass is 9.71. The topological polar surface area (TPSA) is 0 Å². The van der Waals surface area contributed by atoms with Gasteiger partial charge >= 0.3 is 0 Å². The van der Waals surface area contributed by atoms with E-state index in [-0.39, 0.29) is 0 Å². The highest BCUT2D eigenvalue weighted by atomic mass is 14.3. The second-order valence-corrected chi connectivity index (χ2v) is 3.33. The average Bonchev–Trinajstić information content (AvgIpc) is 1.57. The molecule has 0 atom stereocenters. The number of hydrogen-bond acceptors (Lipinski definition) is 0. The Labute approximate surface area is 52.3 Å². The molecule has 0 amide bonds. The number of rotatable bonds is 1. The Bertz CT molecular complexity index is 68.1. The van der Waals surface area contributed by atoms with E-state index >= 15 is 0 Å². The van der Waals surface area contributed by atoms with Crippen LogP contribution in [0.25, 0.3) is 0 Å². The third kappa shape index (κ3) is 1.04. The van der Waals surface area contributed by atoms with Gasteiger partial charge in [0.1, 0.15) is 0 Å². The molecule has 1 aliphatic carbocycles. The van der Waals surface area contributed by atoms with E-state index in [1.807, 2.05) is 0 Å². The summed E-state index contributed by atoms with van der Waals surface area (Å²) in [5.74, 6) is 3.62. The molecule has 0 aromatic heterocycles. The molecule has 8 heavy (non-hydrogen) atoms. The van der Waals surface area contributed by atoms with Crippen LogP contribution in [0.2, 0.25) is 0 Å². The first kappa shape index (κ1) is 6.12. The molecule has 0 aromatic carbocycles. The molecule has 0 nitrogen and oxygen atoms in total. The minimum Gasteiger partial charge on any atom is -0.311 e. The molecular weight excluding hydrogens is 96.1 g/mol. The molecule has 0 heteroatoms. The monoisotopic (exact) mass is 111 g/mol. The molecule has 0 spiro atoms. The minimum absolute atomic E-state index is 0.853. The van der Waals surface area contributed by atoms with E-state index < -0.39 is 0 Å². The van der Waals surface area contributed by atoms with Crippen molar-refractivity contribution in [1.82, 2.24) is 0 Å². The van der Waals surface area contributed by atoms with Gasteiger partial charge in [-0.05, 0) is 0 Å². The summed E-state index contributed by atoms with van der Waals surface area (Å²) in [7, 11) is 0. The van der Waals surface area contributed by atoms with Gasteiger partial charge in [0.2, 0.25) is 0 Å². The van der Waals surface area contributed by atoms with Gasteiger partial charge in [-0.3, -0.25) is 0 Å². The first-order valence-corrected chi connectivity index (χ1v) is 3.54. The molecule has 1 saturated carbocycles. The summed E-state index contributed by atoms with van der Waals surface area (Å²) in [6.07, 6.45) is 2.80. The van der Waals surface area contributed by atoms with Gasteiger partial charge in [-0.15, -0.1) is 0 Å². The van der Waals surface area contributed by atoms with Crippen molar-refractivity contribution < 1.29 is 0 Å². The van der Waals surface area contributed by atoms with Gasteiger partial charge in [0.15, 0.2) is 0 Å². The highest BCUT2D eigenvalue weighted by molar-refractivity contribution is 5.03. The van der Waals surface area contributed by atoms with Crippen molar-refractivity contribution in [2.24, 2.45) is 11.8 Å². The molecule has 1 fully saturated rings. The molecular formula is C8H15-. The fourth-order valence-corrected chi connectivity index (χ4v) is 1.31. The third-order valence-corrected chi connectivity index (χ3v) is 2.04. The average molecular weight is 111 g/mol. The highest BCUT2D eigenvalue weighted by Crippen LogP contribution is 2.39. The lowest BCUT2D eigenvalue weighted by Crippen LogP contribution is -2.23. The van der Waals surface area contributed by atoms with Crippen molar-refractivity contribution in [3.05, 3.63) is 5.92 Å². The Morgan fingerprint density at radius 3 is 2.00 bits per heavy atom. The van der Waals surface area contributed by atoms with Crippen molar-refractivity contribution >= 4 is 0 Å². The fraction of sp³-hybridized carbons (Fsp3) is 0.875. The minimum atomic E-state index is 0.853. The maximum Gasteiger partial charge on any atom is -0.0673 e. The molecule has 0 aliphatic heterocycles. The van der Waals surface area contributed by atoms with Gasteiger partial charge < -0.3 is 5.92 Å². The van der Waals surface area contributed by atoms with Crippen LogP contribution in [0.3, 0.4) is 0 Å². The van der Waals surface area contributed by atoms with Crippen molar-refractivity contribution in [3.63, 3.8) is 0 Å². The maximum absolute atomic E-state index is 2.33. The zero-order chi connectivity index (χ0) is 6.15. The summed E-state index contributed by atoms with van der Waals surface area (Å²) in [6.45, 7) is 6.91. The number of hydrogen-bond donors (Lipinski definition) is 0. The molecule has 0 saturated heterocycles. The smallest absolute Gasteiger partial charge is 0.0673 e. The van der Waals surface area contributed by atoms with E-state index in [2.05, 4.69) is 20.8 Å². The van der Waals surface area contributed by atoms with Crippen LogP contribution in [0.4, 0.5) is 0 Å². The Hall–Kier alpha value is 0. The lowest BCUT2D eigenvalue weighted by Gasteiger charge is -2.50. The van der Waals surface area contributed by atoms with Crippen LogP contribution in [0.15, 0.2) is 0 Å². The molecule has 0 heterocycles. The fourth-order valence-electron chi connectivity index (χ4n) is 1.31. The largest absolute Gasteiger partial charge is 0.311 e. The summed E-state index contributed by atoms with van der Waals surface area (Å²) in [6, 6.07) is 0. The van der Waals surface area contributed by atoms with Crippen molar-refractivity contribution in [2.75, 3.05) is 0 Å². The molecule has 0 N–H and O–H groups in total. The van der Waals surface area contributed by atoms with Gasteiger partial charge in [0.25, 0.3) is 0 Å². The summed E-state index contributed by atoms with van der Waals surface area (Å²) in [5, 5.41) is 0. The standard InChI is InChI=1S/C8H15/c1-6(2)8-4-7(3)5-8/h6-7H,4-5H2,1-3H3/q-1. The molecule has 1 aliphatic rings. The summed E-state index contributed by atoms with van der Waals surface area (Å²) >= 11 is 0. The summed E-state index contributed by atoms with van der Waals surface area (Å²) in [5.41, 5.74) is 0. The maximum atomic E-state index is 2.33. The molecule has 1 rings (SSSR count). The Morgan fingerprint density at radius 1 is 1.38 bits per heavy atom. The van der Waals surface area contributed by atoms with E-state index in [9.17, 15) is 0 Å². The van der Waals surface area contributed by atoms with Crippen molar-refractivity contribution in [1.29, 1.82) is 0 Å². The van der Waals surface area contributed by atoms with Gasteiger partial charge in [-0.25, -0.2) is 0 Å². The van der Waals surface area contributed by atoms with Crippen molar-refractivity contribution in [3.8, 4) is 0 Å². The lowest BCUT2D eigenvalue weighted by molar-refractivity contribution is 0.327. The van der Waals surface area contributed by atoms with Gasteiger partial charge in [-0.1, -0.05) is 26.7 Å². The zero-order valence-corrected chi connectivity index (χ0v) is 6.07. The highest BCUT2D eigenvalue weighted by Gasteiger charge is 2.13. The van der Waals surface area contributed by atoms with Crippen LogP contribution in [-0.2, 0) is 0 Å². The van der Waals surface area contributed by atoms with Crippen LogP contribution < -0.4 is 0 Å². The quantitative estimate of drug-likeness (QED) is 0.456. The zero-order valence-electron chi connectivity index (χ0n) is 6.07. The summed E-state index contributed by atoms with van der Waals surface area (Å²) in [4.78, 5) is 0. The van der Waals surface area contributed by atoms with Gasteiger partial charge in [0.05, 0.1) is 0 Å². The normalized spacial score (nSPS) is 24.0. The summed E-state index contributed by atoms with van der Waals surface area (Å²) < 4.78 is 0. The molecule has 0 unspecified atom stereocenters. The molecule has 48 valence electrons. The van der Waals surface area contributed by atoms with E-state index in [4.69, 9.17) is 0 Å². The molecule has 0 aromatic rings. The van der Waals surface area contributed by atoms with Gasteiger partial charge in [0, 0.05) is 0 Å². The second kappa shape index (κ2) is 2.08. The Balaban J connectivity index is 2.15. The van der Waals surface area contributed by atoms with Gasteiger partial charge in [-0.2, -0.15) is 18.8 Å². The van der Waals surface area contributed by atoms with E-state index in [0.29, 0.717) is 0 Å². The van der Waals surface area contributed by atoms with Crippen LogP contribution in [-0.4, -0.2) is 0 Å². The van der Waals surface area contributed by atoms with Crippen LogP contribution in [0, 0.1) is 17.8 Å². The van der Waals surface area contributed by atoms with E-state index in [1.54, 1.807) is 5.92 Å². The van der Waals surface area contributed by atoms with Crippen LogP contribution >= 0.6 is 0 Å². The first-order chi connectivity index (χ1) is 3.70. The predicted molar refractivity (Wildman–Crippen MR) is 36.5 cm³/mol. The second-order valence-electron chi connectivity index (χ2n) is 3.33. The van der Waals surface area contributed by atoms with Crippen LogP contribution in [0.1, 0.15) is 33.6 Å². The first-order valence-electron chi connectivity index (χ1n) is 3.54. The van der Waals surface area contributed by atoms with E-state index in [0.717, 1.165) is 11.8 Å².